The van der Waals surface area contributed by atoms with Gasteiger partial charge in [0.1, 0.15) is 24.4 Å². The second-order valence-corrected chi connectivity index (χ2v) is 7.50. The number of hydrogen-bond donors (Lipinski definition) is 1. The van der Waals surface area contributed by atoms with Crippen molar-refractivity contribution in [1.29, 1.82) is 0 Å². The Balaban J connectivity index is 1.97. The van der Waals surface area contributed by atoms with E-state index in [4.69, 9.17) is 9.47 Å². The third-order valence-electron chi connectivity index (χ3n) is 4.74. The van der Waals surface area contributed by atoms with Crippen LogP contribution in [0.2, 0.25) is 0 Å². The average molecular weight is 402 g/mol. The summed E-state index contributed by atoms with van der Waals surface area (Å²) in [6.07, 6.45) is 3.93. The van der Waals surface area contributed by atoms with Crippen molar-refractivity contribution >= 4 is 17.9 Å². The Hall–Kier alpha value is -2.83. The van der Waals surface area contributed by atoms with Crippen molar-refractivity contribution in [2.75, 3.05) is 19.8 Å². The van der Waals surface area contributed by atoms with Crippen LogP contribution >= 0.6 is 0 Å². The van der Waals surface area contributed by atoms with Crippen LogP contribution in [0.25, 0.3) is 0 Å². The van der Waals surface area contributed by atoms with E-state index in [1.807, 2.05) is 6.92 Å². The molecule has 1 aromatic rings. The molecule has 1 unspecified atom stereocenters. The zero-order valence-corrected chi connectivity index (χ0v) is 17.5. The third kappa shape index (κ3) is 5.82. The molecule has 0 spiro atoms. The van der Waals surface area contributed by atoms with Crippen molar-refractivity contribution in [3.05, 3.63) is 42.0 Å². The highest BCUT2D eigenvalue weighted by Crippen LogP contribution is 2.30. The molecule has 7 heteroatoms. The van der Waals surface area contributed by atoms with Crippen LogP contribution < -0.4 is 10.1 Å². The van der Waals surface area contributed by atoms with Gasteiger partial charge in [0.15, 0.2) is 0 Å². The fraction of sp³-hybridized carbons (Fsp3) is 0.500. The maximum atomic E-state index is 12.9. The lowest BCUT2D eigenvalue weighted by molar-refractivity contribution is -0.147. The molecule has 1 saturated heterocycles. The first kappa shape index (κ1) is 22.5. The van der Waals surface area contributed by atoms with E-state index in [-0.39, 0.29) is 0 Å². The van der Waals surface area contributed by atoms with Gasteiger partial charge in [0.25, 0.3) is 5.91 Å². The van der Waals surface area contributed by atoms with E-state index in [0.717, 1.165) is 36.2 Å². The van der Waals surface area contributed by atoms with Crippen molar-refractivity contribution in [3.8, 4) is 5.75 Å². The van der Waals surface area contributed by atoms with Crippen LogP contribution in [-0.2, 0) is 19.9 Å². The second-order valence-electron chi connectivity index (χ2n) is 7.50. The van der Waals surface area contributed by atoms with Crippen molar-refractivity contribution in [3.63, 3.8) is 0 Å². The fourth-order valence-electron chi connectivity index (χ4n) is 3.02. The van der Waals surface area contributed by atoms with Gasteiger partial charge in [-0.15, -0.1) is 0 Å². The Bertz CT molecular complexity index is 759. The highest BCUT2D eigenvalue weighted by molar-refractivity contribution is 6.08. The van der Waals surface area contributed by atoms with Crippen LogP contribution in [-0.4, -0.2) is 42.6 Å². The zero-order valence-electron chi connectivity index (χ0n) is 17.5. The summed E-state index contributed by atoms with van der Waals surface area (Å²) in [5.41, 5.74) is 0.256. The van der Waals surface area contributed by atoms with Gasteiger partial charge < -0.3 is 14.8 Å². The molecule has 1 atom stereocenters. The van der Waals surface area contributed by atoms with Gasteiger partial charge in [0.2, 0.25) is 0 Å². The monoisotopic (exact) mass is 402 g/mol. The van der Waals surface area contributed by atoms with E-state index in [1.54, 1.807) is 31.2 Å². The minimum atomic E-state index is -1.24. The number of imide groups is 1. The molecule has 0 bridgehead atoms. The molecule has 0 radical (unpaired) electrons. The summed E-state index contributed by atoms with van der Waals surface area (Å²) in [4.78, 5) is 38.1. The number of amides is 3. The molecule has 1 aromatic carbocycles. The van der Waals surface area contributed by atoms with Crippen LogP contribution in [0.4, 0.5) is 4.79 Å². The summed E-state index contributed by atoms with van der Waals surface area (Å²) in [5, 5.41) is 2.68. The minimum absolute atomic E-state index is 0.297. The molecule has 1 N–H and O–H groups in total. The van der Waals surface area contributed by atoms with Crippen molar-refractivity contribution < 1.29 is 23.9 Å². The van der Waals surface area contributed by atoms with Gasteiger partial charge in [-0.2, -0.15) is 0 Å². The van der Waals surface area contributed by atoms with Gasteiger partial charge in [0.05, 0.1) is 6.61 Å². The molecule has 3 amide bonds. The van der Waals surface area contributed by atoms with Crippen molar-refractivity contribution in [2.45, 2.75) is 52.0 Å². The van der Waals surface area contributed by atoms with E-state index in [2.05, 4.69) is 18.8 Å². The Morgan fingerprint density at radius 3 is 2.48 bits per heavy atom. The van der Waals surface area contributed by atoms with Crippen LogP contribution in [0.15, 0.2) is 36.4 Å². The van der Waals surface area contributed by atoms with E-state index in [9.17, 15) is 14.4 Å². The largest absolute Gasteiger partial charge is 0.489 e. The van der Waals surface area contributed by atoms with Crippen molar-refractivity contribution in [1.82, 2.24) is 10.2 Å². The first-order valence-electron chi connectivity index (χ1n) is 9.95. The number of benzene rings is 1. The molecule has 7 nitrogen and oxygen atoms in total. The third-order valence-corrected chi connectivity index (χ3v) is 4.74. The van der Waals surface area contributed by atoms with Gasteiger partial charge in [-0.25, -0.2) is 4.79 Å². The van der Waals surface area contributed by atoms with E-state index < -0.39 is 30.0 Å². The molecule has 1 aliphatic heterocycles. The van der Waals surface area contributed by atoms with Gasteiger partial charge in [-0.1, -0.05) is 44.9 Å². The summed E-state index contributed by atoms with van der Waals surface area (Å²) in [5.74, 6) is -0.431. The molecule has 0 aliphatic carbocycles. The highest BCUT2D eigenvalue weighted by Gasteiger charge is 2.49. The van der Waals surface area contributed by atoms with Crippen LogP contribution in [0.1, 0.15) is 52.0 Å². The predicted octanol–water partition coefficient (Wildman–Crippen LogP) is 3.53. The highest BCUT2D eigenvalue weighted by atomic mass is 16.5. The Morgan fingerprint density at radius 2 is 1.86 bits per heavy atom. The average Bonchev–Trinajstić information content (AvgIpc) is 2.90. The molecule has 158 valence electrons. The molecular weight excluding hydrogens is 372 g/mol. The number of carbonyl (C=O) groups excluding carboxylic acids is 3. The Morgan fingerprint density at radius 1 is 1.17 bits per heavy atom. The normalized spacial score (nSPS) is 18.5. The number of urea groups is 1. The molecule has 0 aromatic heterocycles. The van der Waals surface area contributed by atoms with E-state index in [1.165, 1.54) is 0 Å². The first-order chi connectivity index (χ1) is 13.8. The van der Waals surface area contributed by atoms with Gasteiger partial charge in [0, 0.05) is 0 Å². The molecule has 0 saturated carbocycles. The number of rotatable bonds is 11. The zero-order chi connectivity index (χ0) is 21.4. The molecule has 2 rings (SSSR count). The van der Waals surface area contributed by atoms with Crippen LogP contribution in [0.3, 0.4) is 0 Å². The SMILES string of the molecule is C=C(C)COc1ccc(C2(C)NC(=O)N(CC(=O)OCCCCCC)C2=O)cc1. The number of nitrogens with zero attached hydrogens (tertiary/aromatic N) is 1. The van der Waals surface area contributed by atoms with Gasteiger partial charge in [-0.3, -0.25) is 14.5 Å². The number of hydrogen-bond acceptors (Lipinski definition) is 5. The lowest BCUT2D eigenvalue weighted by Crippen LogP contribution is -2.41. The number of unbranched alkanes of at least 4 members (excludes halogenated alkanes) is 3. The summed E-state index contributed by atoms with van der Waals surface area (Å²) in [7, 11) is 0. The molecule has 29 heavy (non-hydrogen) atoms. The quantitative estimate of drug-likeness (QED) is 0.265. The minimum Gasteiger partial charge on any atom is -0.489 e. The first-order valence-corrected chi connectivity index (χ1v) is 9.95. The lowest BCUT2D eigenvalue weighted by atomic mass is 9.92. The fourth-order valence-corrected chi connectivity index (χ4v) is 3.02. The molecule has 1 aliphatic rings. The summed E-state index contributed by atoms with van der Waals surface area (Å²) in [6, 6.07) is 6.30. The second kappa shape index (κ2) is 10.1. The number of carbonyl (C=O) groups is 3. The van der Waals surface area contributed by atoms with Crippen molar-refractivity contribution in [2.24, 2.45) is 0 Å². The molecular formula is C22H30N2O5. The summed E-state index contributed by atoms with van der Waals surface area (Å²) in [6.45, 7) is 9.68. The van der Waals surface area contributed by atoms with E-state index >= 15 is 0 Å². The summed E-state index contributed by atoms with van der Waals surface area (Å²) < 4.78 is 10.7. The maximum Gasteiger partial charge on any atom is 0.326 e. The lowest BCUT2D eigenvalue weighted by Gasteiger charge is -2.22. The summed E-state index contributed by atoms with van der Waals surface area (Å²) >= 11 is 0. The maximum absolute atomic E-state index is 12.9. The number of nitrogens with one attached hydrogen (secondary N) is 1. The van der Waals surface area contributed by atoms with Crippen LogP contribution in [0.5, 0.6) is 5.75 Å². The Labute approximate surface area is 172 Å². The Kier molecular flexibility index (Phi) is 7.82. The van der Waals surface area contributed by atoms with Crippen LogP contribution in [0, 0.1) is 0 Å². The molecule has 1 heterocycles. The van der Waals surface area contributed by atoms with E-state index in [0.29, 0.717) is 24.5 Å². The smallest absolute Gasteiger partial charge is 0.326 e. The van der Waals surface area contributed by atoms with Gasteiger partial charge >= 0.3 is 12.0 Å². The van der Waals surface area contributed by atoms with Gasteiger partial charge in [-0.05, 0) is 43.5 Å². The number of ether oxygens (including phenoxy) is 2. The predicted molar refractivity (Wildman–Crippen MR) is 109 cm³/mol. The molecule has 1 fully saturated rings. The number of esters is 1. The standard InChI is InChI=1S/C22H30N2O5/c1-5-6-7-8-13-28-19(25)14-24-20(26)22(4,23-21(24)27)17-9-11-18(12-10-17)29-15-16(2)3/h9-12H,2,5-8,13-15H2,1,3-4H3,(H,23,27). The topological polar surface area (TPSA) is 84.9 Å².